The Kier molecular flexibility index (Phi) is 5.42. The van der Waals surface area contributed by atoms with Crippen LogP contribution in [-0.4, -0.2) is 19.3 Å². The summed E-state index contributed by atoms with van der Waals surface area (Å²) in [5.74, 6) is 0. The first-order valence-corrected chi connectivity index (χ1v) is 9.83. The maximum Gasteiger partial charge on any atom is 0.244 e. The molecule has 2 aromatic rings. The van der Waals surface area contributed by atoms with Crippen LogP contribution >= 0.6 is 43.2 Å². The van der Waals surface area contributed by atoms with Crippen LogP contribution in [0.15, 0.2) is 49.6 Å². The van der Waals surface area contributed by atoms with Gasteiger partial charge in [0.2, 0.25) is 10.0 Å². The first-order chi connectivity index (χ1) is 9.45. The van der Waals surface area contributed by atoms with Crippen molar-refractivity contribution in [2.45, 2.75) is 18.4 Å². The smallest absolute Gasteiger partial charge is 0.207 e. The van der Waals surface area contributed by atoms with Gasteiger partial charge in [0.05, 0.1) is 4.90 Å². The van der Waals surface area contributed by atoms with Crippen LogP contribution in [0, 0.1) is 0 Å². The molecule has 0 aliphatic rings. The molecule has 108 valence electrons. The predicted molar refractivity (Wildman–Crippen MR) is 89.4 cm³/mol. The highest BCUT2D eigenvalue weighted by atomic mass is 79.9. The molecule has 7 heteroatoms. The highest BCUT2D eigenvalue weighted by Gasteiger charge is 2.25. The van der Waals surface area contributed by atoms with Gasteiger partial charge in [-0.2, -0.15) is 4.31 Å². The number of halogens is 2. The van der Waals surface area contributed by atoms with E-state index in [1.54, 1.807) is 29.5 Å². The Hall–Kier alpha value is -0.210. The van der Waals surface area contributed by atoms with Gasteiger partial charge in [0, 0.05) is 26.9 Å². The van der Waals surface area contributed by atoms with Gasteiger partial charge in [-0.3, -0.25) is 0 Å². The highest BCUT2D eigenvalue weighted by molar-refractivity contribution is 9.11. The molecule has 3 nitrogen and oxygen atoms in total. The van der Waals surface area contributed by atoms with E-state index in [4.69, 9.17) is 0 Å². The van der Waals surface area contributed by atoms with E-state index in [1.165, 1.54) is 4.31 Å². The fraction of sp³-hybridized carbons (Fsp3) is 0.231. The fourth-order valence-corrected chi connectivity index (χ4v) is 5.70. The second-order valence-corrected chi connectivity index (χ2v) is 8.79. The van der Waals surface area contributed by atoms with E-state index >= 15 is 0 Å². The summed E-state index contributed by atoms with van der Waals surface area (Å²) in [4.78, 5) is 1.32. The van der Waals surface area contributed by atoms with Crippen LogP contribution in [0.1, 0.15) is 11.8 Å². The molecule has 20 heavy (non-hydrogen) atoms. The molecule has 0 fully saturated rings. The van der Waals surface area contributed by atoms with E-state index in [1.807, 2.05) is 24.4 Å². The van der Waals surface area contributed by atoms with Gasteiger partial charge in [-0.1, -0.05) is 28.9 Å². The predicted octanol–water partition coefficient (Wildman–Crippen LogP) is 4.48. The summed E-state index contributed by atoms with van der Waals surface area (Å²) < 4.78 is 28.3. The van der Waals surface area contributed by atoms with Gasteiger partial charge in [-0.05, 0) is 45.6 Å². The van der Waals surface area contributed by atoms with Crippen molar-refractivity contribution in [3.05, 3.63) is 49.5 Å². The van der Waals surface area contributed by atoms with E-state index in [0.29, 0.717) is 22.5 Å². The Morgan fingerprint density at radius 1 is 1.25 bits per heavy atom. The van der Waals surface area contributed by atoms with Gasteiger partial charge in [0.15, 0.2) is 0 Å². The maximum absolute atomic E-state index is 12.7. The molecule has 0 radical (unpaired) electrons. The SMILES string of the molecule is CCN(Cc1cccs1)S(=O)(=O)c1ccc(Br)cc1Br. The van der Waals surface area contributed by atoms with E-state index in [-0.39, 0.29) is 0 Å². The molecule has 0 saturated carbocycles. The third kappa shape index (κ3) is 3.51. The molecule has 0 N–H and O–H groups in total. The van der Waals surface area contributed by atoms with Crippen molar-refractivity contribution in [1.82, 2.24) is 4.31 Å². The van der Waals surface area contributed by atoms with Crippen LogP contribution in [0.5, 0.6) is 0 Å². The Morgan fingerprint density at radius 3 is 2.55 bits per heavy atom. The van der Waals surface area contributed by atoms with Crippen molar-refractivity contribution in [3.8, 4) is 0 Å². The van der Waals surface area contributed by atoms with Crippen molar-refractivity contribution >= 4 is 53.2 Å². The minimum absolute atomic E-state index is 0.291. The zero-order valence-electron chi connectivity index (χ0n) is 10.7. The van der Waals surface area contributed by atoms with Crippen LogP contribution in [-0.2, 0) is 16.6 Å². The van der Waals surface area contributed by atoms with Gasteiger partial charge in [0.1, 0.15) is 0 Å². The van der Waals surface area contributed by atoms with Crippen molar-refractivity contribution in [2.24, 2.45) is 0 Å². The molecule has 0 atom stereocenters. The molecule has 0 saturated heterocycles. The number of benzene rings is 1. The van der Waals surface area contributed by atoms with Crippen molar-refractivity contribution < 1.29 is 8.42 Å². The third-order valence-electron chi connectivity index (χ3n) is 2.78. The monoisotopic (exact) mass is 437 g/mol. The molecule has 0 aliphatic carbocycles. The third-order valence-corrected chi connectivity index (χ3v) is 7.03. The summed E-state index contributed by atoms with van der Waals surface area (Å²) in [6, 6.07) is 8.96. The van der Waals surface area contributed by atoms with Crippen LogP contribution in [0.4, 0.5) is 0 Å². The fourth-order valence-electron chi connectivity index (χ4n) is 1.77. The lowest BCUT2D eigenvalue weighted by Crippen LogP contribution is -2.30. The number of nitrogens with zero attached hydrogens (tertiary/aromatic N) is 1. The van der Waals surface area contributed by atoms with Gasteiger partial charge >= 0.3 is 0 Å². The first-order valence-electron chi connectivity index (χ1n) is 5.92. The normalized spacial score (nSPS) is 12.0. The number of sulfonamides is 1. The molecule has 0 unspecified atom stereocenters. The van der Waals surface area contributed by atoms with Crippen LogP contribution in [0.3, 0.4) is 0 Å². The molecular weight excluding hydrogens is 426 g/mol. The molecule has 0 spiro atoms. The molecule has 1 heterocycles. The van der Waals surface area contributed by atoms with Gasteiger partial charge in [0.25, 0.3) is 0 Å². The lowest BCUT2D eigenvalue weighted by molar-refractivity contribution is 0.426. The van der Waals surface area contributed by atoms with Gasteiger partial charge in [-0.15, -0.1) is 11.3 Å². The zero-order chi connectivity index (χ0) is 14.8. The summed E-state index contributed by atoms with van der Waals surface area (Å²) >= 11 is 8.21. The highest BCUT2D eigenvalue weighted by Crippen LogP contribution is 2.29. The Labute approximate surface area is 139 Å². The second kappa shape index (κ2) is 6.70. The largest absolute Gasteiger partial charge is 0.244 e. The average molecular weight is 439 g/mol. The Morgan fingerprint density at radius 2 is 2.00 bits per heavy atom. The van der Waals surface area contributed by atoms with Crippen LogP contribution in [0.25, 0.3) is 0 Å². The number of thiophene rings is 1. The van der Waals surface area contributed by atoms with E-state index in [9.17, 15) is 8.42 Å². The average Bonchev–Trinajstić information content (AvgIpc) is 2.88. The minimum Gasteiger partial charge on any atom is -0.207 e. The van der Waals surface area contributed by atoms with E-state index < -0.39 is 10.0 Å². The lowest BCUT2D eigenvalue weighted by Gasteiger charge is -2.20. The zero-order valence-corrected chi connectivity index (χ0v) is 15.5. The number of hydrogen-bond donors (Lipinski definition) is 0. The van der Waals surface area contributed by atoms with E-state index in [2.05, 4.69) is 31.9 Å². The molecule has 0 amide bonds. The summed E-state index contributed by atoms with van der Waals surface area (Å²) in [6.07, 6.45) is 0. The van der Waals surface area contributed by atoms with Crippen molar-refractivity contribution in [1.29, 1.82) is 0 Å². The summed E-state index contributed by atoms with van der Waals surface area (Å²) in [6.45, 7) is 2.68. The van der Waals surface area contributed by atoms with Gasteiger partial charge < -0.3 is 0 Å². The minimum atomic E-state index is -3.50. The standard InChI is InChI=1S/C13H13Br2NO2S2/c1-2-16(9-11-4-3-7-19-11)20(17,18)13-6-5-10(14)8-12(13)15/h3-8H,2,9H2,1H3. The summed E-state index contributed by atoms with van der Waals surface area (Å²) in [7, 11) is -3.50. The molecule has 0 bridgehead atoms. The first kappa shape index (κ1) is 16.2. The quantitative estimate of drug-likeness (QED) is 0.689. The molecule has 2 rings (SSSR count). The Bertz CT molecular complexity index is 684. The second-order valence-electron chi connectivity index (χ2n) is 4.09. The Balaban J connectivity index is 2.36. The molecule has 1 aromatic carbocycles. The van der Waals surface area contributed by atoms with Gasteiger partial charge in [-0.25, -0.2) is 8.42 Å². The lowest BCUT2D eigenvalue weighted by atomic mass is 10.4. The molecular formula is C13H13Br2NO2S2. The molecule has 0 aliphatic heterocycles. The summed E-state index contributed by atoms with van der Waals surface area (Å²) in [5, 5.41) is 1.95. The van der Waals surface area contributed by atoms with Crippen LogP contribution < -0.4 is 0 Å². The maximum atomic E-state index is 12.7. The topological polar surface area (TPSA) is 37.4 Å². The van der Waals surface area contributed by atoms with Crippen molar-refractivity contribution in [3.63, 3.8) is 0 Å². The van der Waals surface area contributed by atoms with Crippen LogP contribution in [0.2, 0.25) is 0 Å². The number of hydrogen-bond acceptors (Lipinski definition) is 3. The molecule has 1 aromatic heterocycles. The summed E-state index contributed by atoms with van der Waals surface area (Å²) in [5.41, 5.74) is 0. The van der Waals surface area contributed by atoms with Crippen molar-refractivity contribution in [2.75, 3.05) is 6.54 Å². The number of rotatable bonds is 5. The van der Waals surface area contributed by atoms with E-state index in [0.717, 1.165) is 9.35 Å².